The Morgan fingerprint density at radius 1 is 1.56 bits per heavy atom. The second-order valence-electron chi connectivity index (χ2n) is 4.81. The molecule has 1 aliphatic carbocycles. The van der Waals surface area contributed by atoms with Crippen LogP contribution in [0.15, 0.2) is 9.95 Å². The van der Waals surface area contributed by atoms with Crippen LogP contribution in [0.2, 0.25) is 0 Å². The Morgan fingerprint density at radius 2 is 2.33 bits per heavy atom. The summed E-state index contributed by atoms with van der Waals surface area (Å²) in [5.41, 5.74) is 1.09. The van der Waals surface area contributed by atoms with Gasteiger partial charge in [-0.3, -0.25) is 4.79 Å². The van der Waals surface area contributed by atoms with E-state index in [0.717, 1.165) is 29.5 Å². The zero-order valence-corrected chi connectivity index (χ0v) is 12.0. The Bertz CT molecular complexity index is 674. The Labute approximate surface area is 113 Å². The smallest absolute Gasteiger partial charge is 0.281 e. The highest BCUT2D eigenvalue weighted by molar-refractivity contribution is 7.98. The molecule has 0 amide bonds. The van der Waals surface area contributed by atoms with Crippen LogP contribution in [0.4, 0.5) is 0 Å². The average molecular weight is 281 g/mol. The van der Waals surface area contributed by atoms with Gasteiger partial charge in [0.15, 0.2) is 5.16 Å². The lowest BCUT2D eigenvalue weighted by Crippen LogP contribution is -2.30. The quantitative estimate of drug-likeness (QED) is 0.493. The Hall–Kier alpha value is -1.01. The number of hydrogen-bond donors (Lipinski definition) is 1. The molecule has 0 radical (unpaired) electrons. The molecule has 0 fully saturated rings. The van der Waals surface area contributed by atoms with Crippen LogP contribution in [-0.2, 0) is 12.8 Å². The first-order chi connectivity index (χ1) is 8.61. The zero-order chi connectivity index (χ0) is 12.9. The number of aryl methyl sites for hydroxylation is 1. The monoisotopic (exact) mass is 281 g/mol. The van der Waals surface area contributed by atoms with E-state index < -0.39 is 0 Å². The van der Waals surface area contributed by atoms with Crippen molar-refractivity contribution in [2.24, 2.45) is 5.92 Å². The summed E-state index contributed by atoms with van der Waals surface area (Å²) in [5, 5.41) is 1.33. The lowest BCUT2D eigenvalue weighted by atomic mass is 9.89. The molecule has 0 aromatic carbocycles. The van der Waals surface area contributed by atoms with Crippen LogP contribution in [0, 0.1) is 5.92 Å². The van der Waals surface area contributed by atoms with E-state index in [1.54, 1.807) is 11.3 Å². The van der Waals surface area contributed by atoms with E-state index in [1.165, 1.54) is 26.9 Å². The van der Waals surface area contributed by atoms with E-state index in [1.807, 2.05) is 6.26 Å². The summed E-state index contributed by atoms with van der Waals surface area (Å²) in [6.45, 7) is 2.26. The summed E-state index contributed by atoms with van der Waals surface area (Å²) in [5.74, 6) is 6.50. The fourth-order valence-corrected chi connectivity index (χ4v) is 4.42. The van der Waals surface area contributed by atoms with Crippen molar-refractivity contribution in [2.75, 3.05) is 12.1 Å². The fraction of sp³-hybridized carbons (Fsp3) is 0.500. The Kier molecular flexibility index (Phi) is 2.86. The van der Waals surface area contributed by atoms with E-state index >= 15 is 0 Å². The minimum Gasteiger partial charge on any atom is -0.334 e. The van der Waals surface area contributed by atoms with Crippen LogP contribution in [0.5, 0.6) is 0 Å². The van der Waals surface area contributed by atoms with Crippen molar-refractivity contribution in [1.82, 2.24) is 9.66 Å². The summed E-state index contributed by atoms with van der Waals surface area (Å²) >= 11 is 3.07. The predicted octanol–water partition coefficient (Wildman–Crippen LogP) is 2.02. The number of nitrogen functional groups attached to an aromatic ring is 1. The SMILES string of the molecule is CSc1nc2sc3c(c2c(=O)n1N)CC[C@H](C)C3. The molecule has 18 heavy (non-hydrogen) atoms. The maximum Gasteiger partial charge on any atom is 0.281 e. The maximum absolute atomic E-state index is 12.3. The van der Waals surface area contributed by atoms with Gasteiger partial charge in [0.1, 0.15) is 4.83 Å². The average Bonchev–Trinajstić information content (AvgIpc) is 2.70. The summed E-state index contributed by atoms with van der Waals surface area (Å²) < 4.78 is 1.18. The second kappa shape index (κ2) is 4.28. The number of rotatable bonds is 1. The van der Waals surface area contributed by atoms with Gasteiger partial charge in [0, 0.05) is 4.88 Å². The number of hydrogen-bond acceptors (Lipinski definition) is 5. The first kappa shape index (κ1) is 12.0. The van der Waals surface area contributed by atoms with Gasteiger partial charge in [-0.2, -0.15) is 0 Å². The molecule has 0 saturated carbocycles. The molecule has 96 valence electrons. The highest BCUT2D eigenvalue weighted by atomic mass is 32.2. The molecule has 0 bridgehead atoms. The van der Waals surface area contributed by atoms with Gasteiger partial charge in [-0.25, -0.2) is 9.66 Å². The minimum absolute atomic E-state index is 0.101. The molecule has 0 unspecified atom stereocenters. The van der Waals surface area contributed by atoms with Crippen molar-refractivity contribution < 1.29 is 0 Å². The number of thiophene rings is 1. The van der Waals surface area contributed by atoms with Crippen LogP contribution in [0.3, 0.4) is 0 Å². The molecule has 2 heterocycles. The number of aromatic nitrogens is 2. The highest BCUT2D eigenvalue weighted by Crippen LogP contribution is 2.36. The Morgan fingerprint density at radius 3 is 3.06 bits per heavy atom. The van der Waals surface area contributed by atoms with Crippen LogP contribution >= 0.6 is 23.1 Å². The van der Waals surface area contributed by atoms with Crippen molar-refractivity contribution in [2.45, 2.75) is 31.3 Å². The molecule has 1 aliphatic rings. The largest absolute Gasteiger partial charge is 0.334 e. The van der Waals surface area contributed by atoms with E-state index in [0.29, 0.717) is 11.1 Å². The van der Waals surface area contributed by atoms with Gasteiger partial charge in [-0.05, 0) is 37.0 Å². The molecule has 1 atom stereocenters. The van der Waals surface area contributed by atoms with Crippen LogP contribution < -0.4 is 11.4 Å². The standard InChI is InChI=1S/C12H15N3OS2/c1-6-3-4-7-8(5-6)18-10-9(7)11(16)15(13)12(14-10)17-2/h6H,3-5,13H2,1-2H3/t6-/m0/s1. The lowest BCUT2D eigenvalue weighted by Gasteiger charge is -2.17. The first-order valence-electron chi connectivity index (χ1n) is 5.98. The van der Waals surface area contributed by atoms with Gasteiger partial charge in [0.05, 0.1) is 5.39 Å². The molecule has 0 aliphatic heterocycles. The molecule has 2 aromatic rings. The predicted molar refractivity (Wildman–Crippen MR) is 77.0 cm³/mol. The minimum atomic E-state index is -0.101. The molecular formula is C12H15N3OS2. The Balaban J connectivity index is 2.33. The highest BCUT2D eigenvalue weighted by Gasteiger charge is 2.23. The van der Waals surface area contributed by atoms with Crippen LogP contribution in [0.1, 0.15) is 23.8 Å². The lowest BCUT2D eigenvalue weighted by molar-refractivity contribution is 0.509. The van der Waals surface area contributed by atoms with Gasteiger partial charge >= 0.3 is 0 Å². The molecule has 2 aromatic heterocycles. The van der Waals surface area contributed by atoms with Crippen LogP contribution in [-0.4, -0.2) is 15.9 Å². The molecule has 0 spiro atoms. The van der Waals surface area contributed by atoms with Gasteiger partial charge < -0.3 is 5.84 Å². The normalized spacial score (nSPS) is 19.1. The summed E-state index contributed by atoms with van der Waals surface area (Å²) in [4.78, 5) is 19.0. The number of nitrogens with zero attached hydrogens (tertiary/aromatic N) is 2. The third-order valence-corrected chi connectivity index (χ3v) is 5.31. The molecular weight excluding hydrogens is 266 g/mol. The number of nitrogens with two attached hydrogens (primary N) is 1. The maximum atomic E-state index is 12.3. The van der Waals surface area contributed by atoms with Gasteiger partial charge in [-0.1, -0.05) is 18.7 Å². The van der Waals surface area contributed by atoms with Gasteiger partial charge in [0.25, 0.3) is 5.56 Å². The first-order valence-corrected chi connectivity index (χ1v) is 8.02. The third-order valence-electron chi connectivity index (χ3n) is 3.51. The van der Waals surface area contributed by atoms with Crippen LogP contribution in [0.25, 0.3) is 10.2 Å². The molecule has 4 nitrogen and oxygen atoms in total. The molecule has 6 heteroatoms. The van der Waals surface area contributed by atoms with Gasteiger partial charge in [0.2, 0.25) is 0 Å². The summed E-state index contributed by atoms with van der Waals surface area (Å²) in [6.07, 6.45) is 5.07. The summed E-state index contributed by atoms with van der Waals surface area (Å²) in [6, 6.07) is 0. The second-order valence-corrected chi connectivity index (χ2v) is 6.66. The van der Waals surface area contributed by atoms with E-state index in [4.69, 9.17) is 5.84 Å². The van der Waals surface area contributed by atoms with Gasteiger partial charge in [-0.15, -0.1) is 11.3 Å². The van der Waals surface area contributed by atoms with E-state index in [9.17, 15) is 4.79 Å². The molecule has 0 saturated heterocycles. The molecule has 3 rings (SSSR count). The zero-order valence-electron chi connectivity index (χ0n) is 10.4. The molecule has 2 N–H and O–H groups in total. The van der Waals surface area contributed by atoms with Crippen molar-refractivity contribution in [3.05, 3.63) is 20.8 Å². The third kappa shape index (κ3) is 1.66. The fourth-order valence-electron chi connectivity index (χ4n) is 2.53. The van der Waals surface area contributed by atoms with Crippen molar-refractivity contribution in [1.29, 1.82) is 0 Å². The van der Waals surface area contributed by atoms with Crippen molar-refractivity contribution in [3.63, 3.8) is 0 Å². The summed E-state index contributed by atoms with van der Waals surface area (Å²) in [7, 11) is 0. The van der Waals surface area contributed by atoms with E-state index in [-0.39, 0.29) is 5.56 Å². The van der Waals surface area contributed by atoms with E-state index in [2.05, 4.69) is 11.9 Å². The number of thioether (sulfide) groups is 1. The van der Waals surface area contributed by atoms with Crippen molar-refractivity contribution >= 4 is 33.3 Å². The van der Waals surface area contributed by atoms with Crippen molar-refractivity contribution in [3.8, 4) is 0 Å². The number of fused-ring (bicyclic) bond motifs is 3. The topological polar surface area (TPSA) is 60.9 Å².